The van der Waals surface area contributed by atoms with Crippen molar-refractivity contribution >= 4 is 21.6 Å². The molecule has 15 heavy (non-hydrogen) atoms. The summed E-state index contributed by atoms with van der Waals surface area (Å²) in [6.07, 6.45) is 1.94. The van der Waals surface area contributed by atoms with Gasteiger partial charge in [0.15, 0.2) is 0 Å². The average Bonchev–Trinajstić information content (AvgIpc) is 2.48. The molecule has 0 aliphatic rings. The number of nitrogens with zero attached hydrogens (tertiary/aromatic N) is 3. The molecule has 5 nitrogen and oxygen atoms in total. The third-order valence-corrected chi connectivity index (χ3v) is 3.76. The monoisotopic (exact) mass is 275 g/mol. The van der Waals surface area contributed by atoms with Gasteiger partial charge in [0.1, 0.15) is 11.9 Å². The molecule has 0 amide bonds. The number of nitro groups is 1. The van der Waals surface area contributed by atoms with Crippen LogP contribution in [-0.4, -0.2) is 20.0 Å². The number of aromatic nitrogens is 2. The van der Waals surface area contributed by atoms with E-state index in [0.29, 0.717) is 12.1 Å². The summed E-state index contributed by atoms with van der Waals surface area (Å²) in [5.74, 6) is 0. The Kier molecular flexibility index (Phi) is 3.49. The Bertz CT molecular complexity index is 373. The molecule has 0 saturated heterocycles. The topological polar surface area (TPSA) is 61.0 Å². The SMILES string of the molecule is Cn1ncc([N+](=O)[O-])c1CC(C)(C)CBr. The van der Waals surface area contributed by atoms with Gasteiger partial charge in [-0.05, 0) is 5.41 Å². The lowest BCUT2D eigenvalue weighted by Crippen LogP contribution is -2.19. The molecule has 84 valence electrons. The zero-order chi connectivity index (χ0) is 11.6. The lowest BCUT2D eigenvalue weighted by Gasteiger charge is -2.20. The number of hydrogen-bond acceptors (Lipinski definition) is 3. The minimum Gasteiger partial charge on any atom is -0.265 e. The Morgan fingerprint density at radius 2 is 2.27 bits per heavy atom. The molecule has 0 atom stereocenters. The Hall–Kier alpha value is -0.910. The molecule has 0 unspecified atom stereocenters. The molecule has 0 fully saturated rings. The van der Waals surface area contributed by atoms with Crippen molar-refractivity contribution in [1.82, 2.24) is 9.78 Å². The number of aryl methyl sites for hydroxylation is 1. The van der Waals surface area contributed by atoms with Crippen LogP contribution in [-0.2, 0) is 13.5 Å². The highest BCUT2D eigenvalue weighted by atomic mass is 79.9. The van der Waals surface area contributed by atoms with Gasteiger partial charge in [0, 0.05) is 18.8 Å². The van der Waals surface area contributed by atoms with Gasteiger partial charge in [-0.2, -0.15) is 5.10 Å². The van der Waals surface area contributed by atoms with Crippen LogP contribution < -0.4 is 0 Å². The first-order chi connectivity index (χ1) is 6.87. The molecule has 0 N–H and O–H groups in total. The van der Waals surface area contributed by atoms with Crippen molar-refractivity contribution in [2.75, 3.05) is 5.33 Å². The van der Waals surface area contributed by atoms with Gasteiger partial charge >= 0.3 is 5.69 Å². The third-order valence-electron chi connectivity index (χ3n) is 2.24. The van der Waals surface area contributed by atoms with Crippen LogP contribution in [0.25, 0.3) is 0 Å². The Balaban J connectivity index is 3.03. The first-order valence-electron chi connectivity index (χ1n) is 4.58. The van der Waals surface area contributed by atoms with Crippen molar-refractivity contribution in [1.29, 1.82) is 0 Å². The maximum absolute atomic E-state index is 10.7. The number of halogens is 1. The quantitative estimate of drug-likeness (QED) is 0.481. The summed E-state index contributed by atoms with van der Waals surface area (Å²) in [7, 11) is 1.73. The van der Waals surface area contributed by atoms with E-state index in [9.17, 15) is 10.1 Å². The molecule has 0 radical (unpaired) electrons. The van der Waals surface area contributed by atoms with Gasteiger partial charge in [-0.25, -0.2) is 0 Å². The van der Waals surface area contributed by atoms with E-state index in [1.54, 1.807) is 11.7 Å². The summed E-state index contributed by atoms with van der Waals surface area (Å²) >= 11 is 3.40. The van der Waals surface area contributed by atoms with Crippen molar-refractivity contribution in [2.45, 2.75) is 20.3 Å². The summed E-state index contributed by atoms with van der Waals surface area (Å²) in [5.41, 5.74) is 0.759. The highest BCUT2D eigenvalue weighted by Gasteiger charge is 2.26. The van der Waals surface area contributed by atoms with E-state index in [1.165, 1.54) is 6.20 Å². The zero-order valence-electron chi connectivity index (χ0n) is 9.03. The van der Waals surface area contributed by atoms with Crippen LogP contribution in [0.5, 0.6) is 0 Å². The van der Waals surface area contributed by atoms with Crippen LogP contribution in [0.2, 0.25) is 0 Å². The summed E-state index contributed by atoms with van der Waals surface area (Å²) in [4.78, 5) is 10.4. The molecule has 0 aliphatic carbocycles. The fourth-order valence-corrected chi connectivity index (χ4v) is 1.51. The van der Waals surface area contributed by atoms with Crippen LogP contribution in [0, 0.1) is 15.5 Å². The molecule has 1 rings (SSSR count). The molecular formula is C9H14BrN3O2. The summed E-state index contributed by atoms with van der Waals surface area (Å²) in [5, 5.41) is 15.5. The van der Waals surface area contributed by atoms with Crippen LogP contribution in [0.15, 0.2) is 6.20 Å². The van der Waals surface area contributed by atoms with Gasteiger partial charge in [0.25, 0.3) is 0 Å². The molecule has 0 spiro atoms. The van der Waals surface area contributed by atoms with Gasteiger partial charge in [-0.1, -0.05) is 29.8 Å². The van der Waals surface area contributed by atoms with Crippen molar-refractivity contribution in [3.8, 4) is 0 Å². The predicted octanol–water partition coefficient (Wildman–Crippen LogP) is 2.29. The Labute approximate surface area is 96.7 Å². The molecule has 0 aliphatic heterocycles. The Morgan fingerprint density at radius 3 is 2.73 bits per heavy atom. The second kappa shape index (κ2) is 4.30. The number of hydrogen-bond donors (Lipinski definition) is 0. The normalized spacial score (nSPS) is 11.7. The molecule has 6 heteroatoms. The highest BCUT2D eigenvalue weighted by Crippen LogP contribution is 2.28. The number of rotatable bonds is 4. The van der Waals surface area contributed by atoms with E-state index in [1.807, 2.05) is 0 Å². The fourth-order valence-electron chi connectivity index (χ4n) is 1.31. The molecule has 1 aromatic rings. The largest absolute Gasteiger partial charge is 0.310 e. The first-order valence-corrected chi connectivity index (χ1v) is 5.71. The van der Waals surface area contributed by atoms with Crippen LogP contribution in [0.4, 0.5) is 5.69 Å². The van der Waals surface area contributed by atoms with E-state index < -0.39 is 0 Å². The molecule has 0 bridgehead atoms. The van der Waals surface area contributed by atoms with E-state index in [0.717, 1.165) is 5.33 Å². The third kappa shape index (κ3) is 2.77. The maximum atomic E-state index is 10.7. The van der Waals surface area contributed by atoms with Gasteiger partial charge in [-0.3, -0.25) is 14.8 Å². The fraction of sp³-hybridized carbons (Fsp3) is 0.667. The zero-order valence-corrected chi connectivity index (χ0v) is 10.6. The first kappa shape index (κ1) is 12.2. The van der Waals surface area contributed by atoms with E-state index in [-0.39, 0.29) is 16.0 Å². The van der Waals surface area contributed by atoms with E-state index in [2.05, 4.69) is 34.9 Å². The van der Waals surface area contributed by atoms with Gasteiger partial charge in [-0.15, -0.1) is 0 Å². The van der Waals surface area contributed by atoms with Gasteiger partial charge in [0.2, 0.25) is 0 Å². The second-order valence-corrected chi connectivity index (χ2v) is 4.89. The Morgan fingerprint density at radius 1 is 1.67 bits per heavy atom. The minimum absolute atomic E-state index is 0.0153. The highest BCUT2D eigenvalue weighted by molar-refractivity contribution is 9.09. The minimum atomic E-state index is -0.382. The van der Waals surface area contributed by atoms with Gasteiger partial charge in [0.05, 0.1) is 4.92 Å². The summed E-state index contributed by atoms with van der Waals surface area (Å²) in [6.45, 7) is 4.11. The average molecular weight is 276 g/mol. The predicted molar refractivity (Wildman–Crippen MR) is 61.1 cm³/mol. The van der Waals surface area contributed by atoms with E-state index >= 15 is 0 Å². The molecular weight excluding hydrogens is 262 g/mol. The summed E-state index contributed by atoms with van der Waals surface area (Å²) in [6, 6.07) is 0. The van der Waals surface area contributed by atoms with Crippen molar-refractivity contribution in [3.05, 3.63) is 22.0 Å². The van der Waals surface area contributed by atoms with Crippen LogP contribution in [0.1, 0.15) is 19.5 Å². The van der Waals surface area contributed by atoms with Crippen molar-refractivity contribution < 1.29 is 4.92 Å². The molecule has 1 heterocycles. The van der Waals surface area contributed by atoms with Crippen LogP contribution >= 0.6 is 15.9 Å². The summed E-state index contributed by atoms with van der Waals surface area (Å²) < 4.78 is 1.57. The lowest BCUT2D eigenvalue weighted by molar-refractivity contribution is -0.385. The van der Waals surface area contributed by atoms with Gasteiger partial charge < -0.3 is 0 Å². The molecule has 0 aromatic carbocycles. The van der Waals surface area contributed by atoms with Crippen molar-refractivity contribution in [3.63, 3.8) is 0 Å². The molecule has 0 saturated carbocycles. The van der Waals surface area contributed by atoms with Crippen molar-refractivity contribution in [2.24, 2.45) is 12.5 Å². The molecule has 1 aromatic heterocycles. The second-order valence-electron chi connectivity index (χ2n) is 4.33. The number of alkyl halides is 1. The lowest BCUT2D eigenvalue weighted by atomic mass is 9.90. The standard InChI is InChI=1S/C9H14BrN3O2/c1-9(2,6-10)4-7-8(13(14)15)5-11-12(7)3/h5H,4,6H2,1-3H3. The smallest absolute Gasteiger partial charge is 0.265 e. The maximum Gasteiger partial charge on any atom is 0.310 e. The van der Waals surface area contributed by atoms with Crippen LogP contribution in [0.3, 0.4) is 0 Å². The van der Waals surface area contributed by atoms with E-state index in [4.69, 9.17) is 0 Å².